The number of aromatic hydroxyl groups is 1. The molecule has 0 radical (unpaired) electrons. The van der Waals surface area contributed by atoms with Crippen LogP contribution in [0.3, 0.4) is 0 Å². The smallest absolute Gasteiger partial charge is 0.331 e. The molecule has 28 heavy (non-hydrogen) atoms. The molecule has 1 saturated heterocycles. The van der Waals surface area contributed by atoms with Crippen LogP contribution in [0.5, 0.6) is 17.2 Å². The number of nitrogens with one attached hydrogen (secondary N) is 1. The molecule has 1 aliphatic rings. The Hall–Kier alpha value is -2.99. The van der Waals surface area contributed by atoms with Gasteiger partial charge in [-0.3, -0.25) is 0 Å². The largest absolute Gasteiger partial charge is 0.502 e. The van der Waals surface area contributed by atoms with Gasteiger partial charge in [0, 0.05) is 18.9 Å². The Kier molecular flexibility index (Phi) is 6.21. The molecule has 0 amide bonds. The van der Waals surface area contributed by atoms with Gasteiger partial charge in [0.1, 0.15) is 5.60 Å². The number of piperidine rings is 1. The lowest BCUT2D eigenvalue weighted by Crippen LogP contribution is -2.42. The molecule has 148 valence electrons. The average Bonchev–Trinajstić information content (AvgIpc) is 2.74. The molecule has 0 aliphatic carbocycles. The summed E-state index contributed by atoms with van der Waals surface area (Å²) >= 11 is 0. The number of carbonyl (C=O) groups excluding carboxylic acids is 1. The van der Waals surface area contributed by atoms with Gasteiger partial charge in [-0.1, -0.05) is 30.3 Å². The highest BCUT2D eigenvalue weighted by atomic mass is 16.6. The molecule has 3 rings (SSSR count). The first-order valence-electron chi connectivity index (χ1n) is 9.20. The van der Waals surface area contributed by atoms with Gasteiger partial charge in [0.05, 0.1) is 14.2 Å². The number of methoxy groups -OCH3 is 2. The molecule has 0 bridgehead atoms. The van der Waals surface area contributed by atoms with E-state index < -0.39 is 11.6 Å². The second kappa shape index (κ2) is 8.80. The fourth-order valence-electron chi connectivity index (χ4n) is 3.42. The summed E-state index contributed by atoms with van der Waals surface area (Å²) in [6.07, 6.45) is 4.44. The van der Waals surface area contributed by atoms with Gasteiger partial charge in [-0.15, -0.1) is 0 Å². The fraction of sp³-hybridized carbons (Fsp3) is 0.318. The maximum Gasteiger partial charge on any atom is 0.331 e. The molecule has 0 atom stereocenters. The van der Waals surface area contributed by atoms with Crippen LogP contribution in [-0.2, 0) is 15.1 Å². The van der Waals surface area contributed by atoms with Crippen LogP contribution in [0.1, 0.15) is 24.0 Å². The number of esters is 1. The molecular formula is C22H25NO5. The molecule has 2 aromatic carbocycles. The van der Waals surface area contributed by atoms with E-state index in [9.17, 15) is 9.90 Å². The van der Waals surface area contributed by atoms with Gasteiger partial charge in [0.15, 0.2) is 11.5 Å². The van der Waals surface area contributed by atoms with E-state index in [1.54, 1.807) is 18.2 Å². The SMILES string of the molecule is COc1cc(/C=C/C(=O)OC2(c3ccccc3)CCNCC2)cc(OC)c1O. The fourth-order valence-corrected chi connectivity index (χ4v) is 3.42. The summed E-state index contributed by atoms with van der Waals surface area (Å²) in [5.74, 6) is 0.0391. The summed E-state index contributed by atoms with van der Waals surface area (Å²) in [6, 6.07) is 13.1. The van der Waals surface area contributed by atoms with Crippen LogP contribution < -0.4 is 14.8 Å². The lowest BCUT2D eigenvalue weighted by molar-refractivity contribution is -0.157. The van der Waals surface area contributed by atoms with Crippen molar-refractivity contribution in [3.05, 3.63) is 59.7 Å². The minimum atomic E-state index is -0.627. The molecule has 1 aliphatic heterocycles. The van der Waals surface area contributed by atoms with E-state index in [-0.39, 0.29) is 17.2 Å². The third kappa shape index (κ3) is 4.28. The number of ether oxygens (including phenoxy) is 3. The van der Waals surface area contributed by atoms with Crippen molar-refractivity contribution in [2.45, 2.75) is 18.4 Å². The summed E-state index contributed by atoms with van der Waals surface area (Å²) in [4.78, 5) is 12.6. The highest BCUT2D eigenvalue weighted by molar-refractivity contribution is 5.87. The summed E-state index contributed by atoms with van der Waals surface area (Å²) < 4.78 is 16.2. The van der Waals surface area contributed by atoms with Gasteiger partial charge in [-0.25, -0.2) is 4.79 Å². The Morgan fingerprint density at radius 2 is 1.68 bits per heavy atom. The Balaban J connectivity index is 1.80. The molecule has 0 unspecified atom stereocenters. The average molecular weight is 383 g/mol. The third-order valence-corrected chi connectivity index (χ3v) is 4.92. The number of rotatable bonds is 6. The van der Waals surface area contributed by atoms with E-state index in [4.69, 9.17) is 14.2 Å². The monoisotopic (exact) mass is 383 g/mol. The van der Waals surface area contributed by atoms with Crippen LogP contribution in [0.25, 0.3) is 6.08 Å². The molecule has 1 heterocycles. The molecule has 0 spiro atoms. The maximum absolute atomic E-state index is 12.6. The minimum Gasteiger partial charge on any atom is -0.502 e. The van der Waals surface area contributed by atoms with Crippen LogP contribution >= 0.6 is 0 Å². The Bertz CT molecular complexity index is 816. The first-order chi connectivity index (χ1) is 13.6. The number of hydrogen-bond acceptors (Lipinski definition) is 6. The topological polar surface area (TPSA) is 77.0 Å². The minimum absolute atomic E-state index is 0.0811. The lowest BCUT2D eigenvalue weighted by atomic mass is 9.85. The van der Waals surface area contributed by atoms with E-state index in [2.05, 4.69) is 5.32 Å². The number of phenolic OH excluding ortho intramolecular Hbond substituents is 1. The predicted octanol–water partition coefficient (Wildman–Crippen LogP) is 3.24. The van der Waals surface area contributed by atoms with Crippen molar-refractivity contribution >= 4 is 12.0 Å². The van der Waals surface area contributed by atoms with Crippen LogP contribution in [0.15, 0.2) is 48.5 Å². The Morgan fingerprint density at radius 1 is 1.07 bits per heavy atom. The molecule has 0 aromatic heterocycles. The molecular weight excluding hydrogens is 358 g/mol. The lowest BCUT2D eigenvalue weighted by Gasteiger charge is -2.37. The van der Waals surface area contributed by atoms with Crippen molar-refractivity contribution in [3.8, 4) is 17.2 Å². The zero-order valence-electron chi connectivity index (χ0n) is 16.1. The summed E-state index contributed by atoms with van der Waals surface area (Å²) in [5, 5.41) is 13.3. The molecule has 6 heteroatoms. The van der Waals surface area contributed by atoms with Gasteiger partial charge < -0.3 is 24.6 Å². The first-order valence-corrected chi connectivity index (χ1v) is 9.20. The van der Waals surface area contributed by atoms with Crippen LogP contribution in [0.4, 0.5) is 0 Å². The second-order valence-corrected chi connectivity index (χ2v) is 6.64. The summed E-state index contributed by atoms with van der Waals surface area (Å²) in [7, 11) is 2.91. The molecule has 2 aromatic rings. The van der Waals surface area contributed by atoms with Crippen molar-refractivity contribution in [1.29, 1.82) is 0 Å². The quantitative estimate of drug-likeness (QED) is 0.589. The van der Waals surface area contributed by atoms with E-state index in [1.165, 1.54) is 20.3 Å². The third-order valence-electron chi connectivity index (χ3n) is 4.92. The first kappa shape index (κ1) is 19.8. The van der Waals surface area contributed by atoms with E-state index in [1.807, 2.05) is 30.3 Å². The summed E-state index contributed by atoms with van der Waals surface area (Å²) in [5.41, 5.74) is 1.03. The van der Waals surface area contributed by atoms with Gasteiger partial charge >= 0.3 is 5.97 Å². The molecule has 2 N–H and O–H groups in total. The van der Waals surface area contributed by atoms with E-state index >= 15 is 0 Å². The Morgan fingerprint density at radius 3 is 2.25 bits per heavy atom. The highest BCUT2D eigenvalue weighted by Crippen LogP contribution is 2.38. The predicted molar refractivity (Wildman–Crippen MR) is 107 cm³/mol. The van der Waals surface area contributed by atoms with E-state index in [0.717, 1.165) is 31.5 Å². The van der Waals surface area contributed by atoms with Crippen molar-refractivity contribution in [1.82, 2.24) is 5.32 Å². The van der Waals surface area contributed by atoms with Crippen molar-refractivity contribution in [2.75, 3.05) is 27.3 Å². The molecule has 6 nitrogen and oxygen atoms in total. The van der Waals surface area contributed by atoms with E-state index in [0.29, 0.717) is 5.56 Å². The number of hydrogen-bond donors (Lipinski definition) is 2. The van der Waals surface area contributed by atoms with Gasteiger partial charge in [0.25, 0.3) is 0 Å². The van der Waals surface area contributed by atoms with Crippen molar-refractivity contribution < 1.29 is 24.1 Å². The highest BCUT2D eigenvalue weighted by Gasteiger charge is 2.37. The van der Waals surface area contributed by atoms with Crippen LogP contribution in [0, 0.1) is 0 Å². The zero-order chi connectivity index (χ0) is 20.0. The standard InChI is InChI=1S/C22H25NO5/c1-26-18-14-16(15-19(27-2)21(18)25)8-9-20(24)28-22(10-12-23-13-11-22)17-6-4-3-5-7-17/h3-9,14-15,23,25H,10-13H2,1-2H3/b9-8+. The molecule has 1 fully saturated rings. The number of carbonyl (C=O) groups is 1. The van der Waals surface area contributed by atoms with Gasteiger partial charge in [0.2, 0.25) is 5.75 Å². The zero-order valence-corrected chi connectivity index (χ0v) is 16.1. The maximum atomic E-state index is 12.6. The van der Waals surface area contributed by atoms with Crippen LogP contribution in [-0.4, -0.2) is 38.4 Å². The van der Waals surface area contributed by atoms with Crippen molar-refractivity contribution in [2.24, 2.45) is 0 Å². The molecule has 0 saturated carbocycles. The van der Waals surface area contributed by atoms with Gasteiger partial charge in [-0.05, 0) is 42.4 Å². The van der Waals surface area contributed by atoms with Crippen molar-refractivity contribution in [3.63, 3.8) is 0 Å². The normalized spacial score (nSPS) is 15.9. The Labute approximate surface area is 164 Å². The van der Waals surface area contributed by atoms with Gasteiger partial charge in [-0.2, -0.15) is 0 Å². The number of benzene rings is 2. The second-order valence-electron chi connectivity index (χ2n) is 6.64. The summed E-state index contributed by atoms with van der Waals surface area (Å²) in [6.45, 7) is 1.58. The number of phenols is 1. The van der Waals surface area contributed by atoms with Crippen LogP contribution in [0.2, 0.25) is 0 Å².